The Morgan fingerprint density at radius 1 is 1.19 bits per heavy atom. The number of aromatic nitrogens is 2. The van der Waals surface area contributed by atoms with Gasteiger partial charge in [0.25, 0.3) is 5.56 Å². The van der Waals surface area contributed by atoms with Crippen LogP contribution < -0.4 is 16.2 Å². The highest BCUT2D eigenvalue weighted by molar-refractivity contribution is 5.60. The molecule has 0 saturated carbocycles. The van der Waals surface area contributed by atoms with E-state index < -0.39 is 0 Å². The number of H-pyrrole nitrogens is 1. The van der Waals surface area contributed by atoms with Crippen LogP contribution in [0.15, 0.2) is 11.1 Å². The van der Waals surface area contributed by atoms with Gasteiger partial charge in [-0.3, -0.25) is 4.79 Å². The second-order valence-electron chi connectivity index (χ2n) is 4.22. The van der Waals surface area contributed by atoms with Gasteiger partial charge in [0.1, 0.15) is 5.69 Å². The lowest BCUT2D eigenvalue weighted by molar-refractivity contribution is 0.554. The number of nitrogens with one attached hydrogen (secondary N) is 1. The fourth-order valence-corrected chi connectivity index (χ4v) is 2.11. The van der Waals surface area contributed by atoms with Gasteiger partial charge in [-0.2, -0.15) is 0 Å². The second-order valence-corrected chi connectivity index (χ2v) is 4.22. The van der Waals surface area contributed by atoms with Crippen LogP contribution in [0.25, 0.3) is 0 Å². The third-order valence-electron chi connectivity index (χ3n) is 3.02. The number of nitrogens with zero attached hydrogens (tertiary/aromatic N) is 2. The van der Waals surface area contributed by atoms with Crippen molar-refractivity contribution in [3.05, 3.63) is 16.7 Å². The van der Waals surface area contributed by atoms with Crippen molar-refractivity contribution in [1.29, 1.82) is 0 Å². The summed E-state index contributed by atoms with van der Waals surface area (Å²) in [4.78, 5) is 20.2. The Bertz CT molecular complexity index is 393. The summed E-state index contributed by atoms with van der Waals surface area (Å²) in [5, 5.41) is 0. The molecule has 0 unspecified atom stereocenters. The van der Waals surface area contributed by atoms with Crippen LogP contribution >= 0.6 is 0 Å². The number of nitrogen functional groups attached to an aromatic ring is 1. The highest BCUT2D eigenvalue weighted by Gasteiger charge is 2.14. The van der Waals surface area contributed by atoms with Crippen molar-refractivity contribution in [2.45, 2.75) is 32.1 Å². The van der Waals surface area contributed by atoms with E-state index in [2.05, 4.69) is 14.9 Å². The summed E-state index contributed by atoms with van der Waals surface area (Å²) in [6.07, 6.45) is 7.53. The summed E-state index contributed by atoms with van der Waals surface area (Å²) in [5.41, 5.74) is 5.75. The van der Waals surface area contributed by atoms with Gasteiger partial charge in [-0.25, -0.2) is 4.98 Å². The van der Waals surface area contributed by atoms with Crippen LogP contribution in [-0.2, 0) is 0 Å². The molecule has 1 aromatic rings. The van der Waals surface area contributed by atoms with Gasteiger partial charge in [-0.1, -0.05) is 19.3 Å². The van der Waals surface area contributed by atoms with E-state index in [0.29, 0.717) is 5.82 Å². The first-order chi connectivity index (χ1) is 7.79. The lowest BCUT2D eigenvalue weighted by atomic mass is 10.1. The number of aromatic amines is 1. The largest absolute Gasteiger partial charge is 0.391 e. The molecule has 1 saturated heterocycles. The van der Waals surface area contributed by atoms with Crippen LogP contribution in [0.4, 0.5) is 11.5 Å². The average Bonchev–Trinajstić information content (AvgIpc) is 2.23. The molecule has 0 spiro atoms. The first-order valence-corrected chi connectivity index (χ1v) is 5.87. The second kappa shape index (κ2) is 5.01. The van der Waals surface area contributed by atoms with Crippen molar-refractivity contribution in [1.82, 2.24) is 9.97 Å². The quantitative estimate of drug-likeness (QED) is 0.746. The molecular weight excluding hydrogens is 204 g/mol. The highest BCUT2D eigenvalue weighted by Crippen LogP contribution is 2.19. The van der Waals surface area contributed by atoms with E-state index in [9.17, 15) is 4.79 Å². The first-order valence-electron chi connectivity index (χ1n) is 5.87. The van der Waals surface area contributed by atoms with Gasteiger partial charge in [0, 0.05) is 13.1 Å². The van der Waals surface area contributed by atoms with Crippen LogP contribution in [0.1, 0.15) is 32.1 Å². The van der Waals surface area contributed by atoms with Crippen molar-refractivity contribution in [3.8, 4) is 0 Å². The molecule has 16 heavy (non-hydrogen) atoms. The predicted octanol–water partition coefficient (Wildman–Crippen LogP) is 1.12. The minimum Gasteiger partial charge on any atom is -0.391 e. The standard InChI is InChI=1S/C11H18N4O/c12-9-10(13-8-14-11(9)16)15-6-4-2-1-3-5-7-15/h8H,1-7,12H2,(H,13,14,16). The van der Waals surface area contributed by atoms with Gasteiger partial charge in [0.05, 0.1) is 6.33 Å². The third kappa shape index (κ3) is 2.35. The summed E-state index contributed by atoms with van der Waals surface area (Å²) >= 11 is 0. The van der Waals surface area contributed by atoms with Gasteiger partial charge in [-0.15, -0.1) is 0 Å². The van der Waals surface area contributed by atoms with E-state index in [1.165, 1.54) is 25.6 Å². The maximum Gasteiger partial charge on any atom is 0.276 e. The molecule has 2 rings (SSSR count). The zero-order valence-electron chi connectivity index (χ0n) is 9.41. The molecule has 5 nitrogen and oxygen atoms in total. The third-order valence-corrected chi connectivity index (χ3v) is 3.02. The smallest absolute Gasteiger partial charge is 0.276 e. The van der Waals surface area contributed by atoms with Gasteiger partial charge in [0.15, 0.2) is 5.82 Å². The minimum atomic E-state index is -0.243. The lowest BCUT2D eigenvalue weighted by Gasteiger charge is -2.26. The van der Waals surface area contributed by atoms with Crippen molar-refractivity contribution < 1.29 is 0 Å². The molecule has 0 atom stereocenters. The molecule has 0 bridgehead atoms. The number of anilines is 2. The average molecular weight is 222 g/mol. The Kier molecular flexibility index (Phi) is 3.44. The highest BCUT2D eigenvalue weighted by atomic mass is 16.1. The summed E-state index contributed by atoms with van der Waals surface area (Å²) in [6, 6.07) is 0. The molecule has 0 amide bonds. The van der Waals surface area contributed by atoms with E-state index in [4.69, 9.17) is 5.73 Å². The SMILES string of the molecule is Nc1c(N2CCCCCCC2)nc[nH]c1=O. The Hall–Kier alpha value is -1.52. The summed E-state index contributed by atoms with van der Waals surface area (Å²) in [6.45, 7) is 1.89. The molecule has 1 fully saturated rings. The van der Waals surface area contributed by atoms with Gasteiger partial charge in [-0.05, 0) is 12.8 Å². The van der Waals surface area contributed by atoms with Crippen LogP contribution in [0.2, 0.25) is 0 Å². The van der Waals surface area contributed by atoms with Crippen molar-refractivity contribution >= 4 is 11.5 Å². The van der Waals surface area contributed by atoms with Crippen molar-refractivity contribution in [2.75, 3.05) is 23.7 Å². The maximum atomic E-state index is 11.4. The zero-order chi connectivity index (χ0) is 11.4. The molecule has 5 heteroatoms. The predicted molar refractivity (Wildman–Crippen MR) is 64.6 cm³/mol. The first kappa shape index (κ1) is 11.0. The number of hydrogen-bond donors (Lipinski definition) is 2. The van der Waals surface area contributed by atoms with Crippen molar-refractivity contribution in [2.24, 2.45) is 0 Å². The topological polar surface area (TPSA) is 75.0 Å². The molecular formula is C11H18N4O. The molecule has 1 aliphatic rings. The Morgan fingerprint density at radius 3 is 2.50 bits per heavy atom. The van der Waals surface area contributed by atoms with Crippen LogP contribution in [0.5, 0.6) is 0 Å². The molecule has 0 aromatic carbocycles. The molecule has 0 radical (unpaired) electrons. The van der Waals surface area contributed by atoms with E-state index in [1.807, 2.05) is 0 Å². The van der Waals surface area contributed by atoms with Crippen molar-refractivity contribution in [3.63, 3.8) is 0 Å². The summed E-state index contributed by atoms with van der Waals surface area (Å²) in [7, 11) is 0. The summed E-state index contributed by atoms with van der Waals surface area (Å²) in [5.74, 6) is 0.644. The Morgan fingerprint density at radius 2 is 1.81 bits per heavy atom. The maximum absolute atomic E-state index is 11.4. The number of hydrogen-bond acceptors (Lipinski definition) is 4. The van der Waals surface area contributed by atoms with Crippen LogP contribution in [0.3, 0.4) is 0 Å². The molecule has 3 N–H and O–H groups in total. The van der Waals surface area contributed by atoms with E-state index in [-0.39, 0.29) is 11.2 Å². The number of nitrogens with two attached hydrogens (primary N) is 1. The van der Waals surface area contributed by atoms with Crippen LogP contribution in [0, 0.1) is 0 Å². The lowest BCUT2D eigenvalue weighted by Crippen LogP contribution is -2.30. The Labute approximate surface area is 94.7 Å². The minimum absolute atomic E-state index is 0.239. The molecule has 1 aromatic heterocycles. The van der Waals surface area contributed by atoms with E-state index >= 15 is 0 Å². The van der Waals surface area contributed by atoms with Gasteiger partial charge < -0.3 is 15.6 Å². The molecule has 1 aliphatic heterocycles. The normalized spacial score (nSPS) is 17.9. The zero-order valence-corrected chi connectivity index (χ0v) is 9.41. The fraction of sp³-hybridized carbons (Fsp3) is 0.636. The fourth-order valence-electron chi connectivity index (χ4n) is 2.11. The molecule has 0 aliphatic carbocycles. The number of rotatable bonds is 1. The van der Waals surface area contributed by atoms with E-state index in [0.717, 1.165) is 25.9 Å². The van der Waals surface area contributed by atoms with E-state index in [1.54, 1.807) is 0 Å². The monoisotopic (exact) mass is 222 g/mol. The summed E-state index contributed by atoms with van der Waals surface area (Å²) < 4.78 is 0. The van der Waals surface area contributed by atoms with Gasteiger partial charge >= 0.3 is 0 Å². The van der Waals surface area contributed by atoms with Gasteiger partial charge in [0.2, 0.25) is 0 Å². The molecule has 88 valence electrons. The molecule has 2 heterocycles. The Balaban J connectivity index is 2.20. The van der Waals surface area contributed by atoms with Crippen LogP contribution in [-0.4, -0.2) is 23.1 Å².